The van der Waals surface area contributed by atoms with E-state index in [4.69, 9.17) is 9.47 Å². The van der Waals surface area contributed by atoms with E-state index in [9.17, 15) is 4.79 Å². The number of rotatable bonds is 16. The van der Waals surface area contributed by atoms with Crippen molar-refractivity contribution in [2.45, 2.75) is 70.6 Å². The van der Waals surface area contributed by atoms with E-state index in [-0.39, 0.29) is 5.78 Å². The van der Waals surface area contributed by atoms with Crippen LogP contribution in [-0.2, 0) is 0 Å². The Balaban J connectivity index is 2.07. The summed E-state index contributed by atoms with van der Waals surface area (Å²) >= 11 is 1.82. The first-order valence-corrected chi connectivity index (χ1v) is 13.0. The molecule has 4 heteroatoms. The second kappa shape index (κ2) is 15.6. The number of benzene rings is 2. The second-order valence-corrected chi connectivity index (χ2v) is 9.09. The summed E-state index contributed by atoms with van der Waals surface area (Å²) in [6.45, 7) is 7.92. The fraction of sp³-hybridized carbons (Fsp3) is 0.464. The molecule has 0 radical (unpaired) electrons. The lowest BCUT2D eigenvalue weighted by molar-refractivity contribution is 0.104. The predicted octanol–water partition coefficient (Wildman–Crippen LogP) is 8.22. The molecule has 0 N–H and O–H groups in total. The molecule has 0 bridgehead atoms. The van der Waals surface area contributed by atoms with Gasteiger partial charge in [0, 0.05) is 16.5 Å². The number of thioether (sulfide) groups is 1. The van der Waals surface area contributed by atoms with Crippen LogP contribution in [0.15, 0.2) is 53.4 Å². The molecular formula is C28H38O3S. The summed E-state index contributed by atoms with van der Waals surface area (Å²) in [4.78, 5) is 13.8. The molecule has 0 aliphatic heterocycles. The summed E-state index contributed by atoms with van der Waals surface area (Å²) in [6.07, 6.45) is 11.3. The Morgan fingerprint density at radius 3 is 1.94 bits per heavy atom. The minimum atomic E-state index is -0.00303. The first-order chi connectivity index (χ1) is 15.7. The van der Waals surface area contributed by atoms with Gasteiger partial charge in [-0.15, -0.1) is 11.8 Å². The third kappa shape index (κ3) is 9.95. The zero-order valence-electron chi connectivity index (χ0n) is 19.9. The molecule has 0 saturated carbocycles. The van der Waals surface area contributed by atoms with Crippen LogP contribution in [0.3, 0.4) is 0 Å². The maximum Gasteiger partial charge on any atom is 0.185 e. The van der Waals surface area contributed by atoms with Gasteiger partial charge in [0.05, 0.1) is 13.2 Å². The molecule has 2 aromatic carbocycles. The third-order valence-corrected chi connectivity index (χ3v) is 6.19. The van der Waals surface area contributed by atoms with Crippen molar-refractivity contribution in [2.24, 2.45) is 0 Å². The van der Waals surface area contributed by atoms with Gasteiger partial charge in [0.2, 0.25) is 0 Å². The van der Waals surface area contributed by atoms with E-state index < -0.39 is 0 Å². The summed E-state index contributed by atoms with van der Waals surface area (Å²) in [5.41, 5.74) is 1.61. The van der Waals surface area contributed by atoms with Gasteiger partial charge in [-0.05, 0) is 73.1 Å². The monoisotopic (exact) mass is 454 g/mol. The highest BCUT2D eigenvalue weighted by Gasteiger charge is 2.05. The zero-order valence-corrected chi connectivity index (χ0v) is 20.7. The number of carbonyl (C=O) groups is 1. The number of unbranched alkanes of at least 4 members (excludes halogenated alkanes) is 4. The number of ketones is 1. The molecule has 0 amide bonds. The van der Waals surface area contributed by atoms with Crippen LogP contribution in [0.4, 0.5) is 0 Å². The van der Waals surface area contributed by atoms with Gasteiger partial charge in [-0.1, -0.05) is 52.5 Å². The van der Waals surface area contributed by atoms with Crippen LogP contribution in [0.2, 0.25) is 0 Å². The maximum atomic E-state index is 12.6. The number of hydrogen-bond donors (Lipinski definition) is 0. The molecule has 0 aromatic heterocycles. The van der Waals surface area contributed by atoms with Crippen molar-refractivity contribution in [2.75, 3.05) is 19.0 Å². The summed E-state index contributed by atoms with van der Waals surface area (Å²) in [5, 5.41) is 0. The van der Waals surface area contributed by atoms with Crippen molar-refractivity contribution >= 4 is 23.6 Å². The van der Waals surface area contributed by atoms with Crippen LogP contribution in [0, 0.1) is 0 Å². The fourth-order valence-corrected chi connectivity index (χ4v) is 3.91. The first kappa shape index (κ1) is 26.1. The lowest BCUT2D eigenvalue weighted by Gasteiger charge is -2.11. The highest BCUT2D eigenvalue weighted by atomic mass is 32.2. The molecule has 0 unspecified atom stereocenters. The summed E-state index contributed by atoms with van der Waals surface area (Å²) in [5.74, 6) is 2.67. The molecule has 2 aromatic rings. The molecule has 32 heavy (non-hydrogen) atoms. The average molecular weight is 455 g/mol. The Bertz CT molecular complexity index is 797. The summed E-state index contributed by atoms with van der Waals surface area (Å²) in [6, 6.07) is 13.7. The van der Waals surface area contributed by atoms with Gasteiger partial charge in [0.1, 0.15) is 11.5 Å². The van der Waals surface area contributed by atoms with Crippen molar-refractivity contribution in [3.05, 3.63) is 59.7 Å². The Morgan fingerprint density at radius 2 is 1.41 bits per heavy atom. The molecule has 2 rings (SSSR count). The minimum Gasteiger partial charge on any atom is -0.493 e. The van der Waals surface area contributed by atoms with Crippen LogP contribution in [0.1, 0.15) is 81.6 Å². The highest BCUT2D eigenvalue weighted by molar-refractivity contribution is 7.99. The van der Waals surface area contributed by atoms with Gasteiger partial charge in [-0.3, -0.25) is 4.79 Å². The SMILES string of the molecule is CCCCCOc1cc(/C=C/C(=O)c2ccc(SCCC)cc2)cc(OCCCCC)c1. The number of allylic oxidation sites excluding steroid dienone is 1. The van der Waals surface area contributed by atoms with Crippen LogP contribution >= 0.6 is 11.8 Å². The van der Waals surface area contributed by atoms with Crippen LogP contribution in [0.25, 0.3) is 6.08 Å². The maximum absolute atomic E-state index is 12.6. The van der Waals surface area contributed by atoms with E-state index in [1.54, 1.807) is 6.08 Å². The molecular weight excluding hydrogens is 416 g/mol. The topological polar surface area (TPSA) is 35.5 Å². The molecule has 0 saturated heterocycles. The molecule has 0 spiro atoms. The molecule has 0 atom stereocenters. The van der Waals surface area contributed by atoms with Crippen molar-refractivity contribution in [3.8, 4) is 11.5 Å². The Labute approximate surface area is 198 Å². The third-order valence-electron chi connectivity index (χ3n) is 4.97. The number of ether oxygens (including phenoxy) is 2. The lowest BCUT2D eigenvalue weighted by Crippen LogP contribution is -2.00. The molecule has 0 aliphatic carbocycles. The summed E-state index contributed by atoms with van der Waals surface area (Å²) in [7, 11) is 0. The van der Waals surface area contributed by atoms with Crippen molar-refractivity contribution in [1.82, 2.24) is 0 Å². The van der Waals surface area contributed by atoms with E-state index in [0.29, 0.717) is 18.8 Å². The van der Waals surface area contributed by atoms with Crippen LogP contribution in [0.5, 0.6) is 11.5 Å². The van der Waals surface area contributed by atoms with Gasteiger partial charge in [0.15, 0.2) is 5.78 Å². The average Bonchev–Trinajstić information content (AvgIpc) is 2.82. The molecule has 0 fully saturated rings. The van der Waals surface area contributed by atoms with Crippen molar-refractivity contribution in [3.63, 3.8) is 0 Å². The molecule has 3 nitrogen and oxygen atoms in total. The molecule has 0 heterocycles. The largest absolute Gasteiger partial charge is 0.493 e. The standard InChI is InChI=1S/C28H38O3S/c1-4-7-9-17-30-25-20-23(21-26(22-25)31-18-10-8-5-2)11-16-28(29)24-12-14-27(15-13-24)32-19-6-3/h11-16,20-22H,4-10,17-19H2,1-3H3/b16-11+. The van der Waals surface area contributed by atoms with Crippen molar-refractivity contribution < 1.29 is 14.3 Å². The van der Waals surface area contributed by atoms with E-state index in [1.165, 1.54) is 4.90 Å². The highest BCUT2D eigenvalue weighted by Crippen LogP contribution is 2.25. The van der Waals surface area contributed by atoms with Gasteiger partial charge in [-0.2, -0.15) is 0 Å². The van der Waals surface area contributed by atoms with Crippen molar-refractivity contribution in [1.29, 1.82) is 0 Å². The van der Waals surface area contributed by atoms with E-state index >= 15 is 0 Å². The Kier molecular flexibility index (Phi) is 12.7. The fourth-order valence-electron chi connectivity index (χ4n) is 3.14. The van der Waals surface area contributed by atoms with Gasteiger partial charge in [0.25, 0.3) is 0 Å². The normalized spacial score (nSPS) is 11.1. The van der Waals surface area contributed by atoms with E-state index in [0.717, 1.165) is 67.8 Å². The zero-order chi connectivity index (χ0) is 23.0. The smallest absolute Gasteiger partial charge is 0.185 e. The Hall–Kier alpha value is -2.20. The van der Waals surface area contributed by atoms with Gasteiger partial charge < -0.3 is 9.47 Å². The number of hydrogen-bond acceptors (Lipinski definition) is 4. The van der Waals surface area contributed by atoms with E-state index in [1.807, 2.05) is 60.3 Å². The molecule has 174 valence electrons. The quantitative estimate of drug-likeness (QED) is 0.111. The van der Waals surface area contributed by atoms with Crippen LogP contribution in [-0.4, -0.2) is 24.7 Å². The van der Waals surface area contributed by atoms with Gasteiger partial charge in [-0.25, -0.2) is 0 Å². The predicted molar refractivity (Wildman–Crippen MR) is 137 cm³/mol. The molecule has 0 aliphatic rings. The van der Waals surface area contributed by atoms with E-state index in [2.05, 4.69) is 20.8 Å². The van der Waals surface area contributed by atoms with Crippen LogP contribution < -0.4 is 9.47 Å². The minimum absolute atomic E-state index is 0.00303. The van der Waals surface area contributed by atoms with Gasteiger partial charge >= 0.3 is 0 Å². The summed E-state index contributed by atoms with van der Waals surface area (Å²) < 4.78 is 11.9. The lowest BCUT2D eigenvalue weighted by atomic mass is 10.1. The number of carbonyl (C=O) groups excluding carboxylic acids is 1. The Morgan fingerprint density at radius 1 is 0.812 bits per heavy atom. The first-order valence-electron chi connectivity index (χ1n) is 12.0. The second-order valence-electron chi connectivity index (χ2n) is 7.92.